The Balaban J connectivity index is 1.67. The summed E-state index contributed by atoms with van der Waals surface area (Å²) in [5.41, 5.74) is 1.05. The summed E-state index contributed by atoms with van der Waals surface area (Å²) in [6.07, 6.45) is 0.517. The molecule has 3 aromatic rings. The van der Waals surface area contributed by atoms with Crippen LogP contribution in [-0.2, 0) is 23.0 Å². The van der Waals surface area contributed by atoms with E-state index >= 15 is 0 Å². The fourth-order valence-electron chi connectivity index (χ4n) is 2.29. The quantitative estimate of drug-likeness (QED) is 0.695. The number of ether oxygens (including phenoxy) is 1. The molecule has 25 heavy (non-hydrogen) atoms. The Kier molecular flexibility index (Phi) is 5.11. The minimum Gasteiger partial charge on any atom is -0.495 e. The van der Waals surface area contributed by atoms with Gasteiger partial charge < -0.3 is 9.26 Å². The first-order chi connectivity index (χ1) is 12.1. The average molecular weight is 359 g/mol. The van der Waals surface area contributed by atoms with Gasteiger partial charge in [-0.15, -0.1) is 0 Å². The van der Waals surface area contributed by atoms with Crippen molar-refractivity contribution in [2.24, 2.45) is 0 Å². The first-order valence-electron chi connectivity index (χ1n) is 7.56. The van der Waals surface area contributed by atoms with E-state index in [2.05, 4.69) is 14.9 Å². The summed E-state index contributed by atoms with van der Waals surface area (Å²) in [6.45, 7) is -0.0951. The van der Waals surface area contributed by atoms with E-state index < -0.39 is 10.0 Å². The number of methoxy groups -OCH3 is 1. The number of para-hydroxylation sites is 1. The number of nitrogens with one attached hydrogen (secondary N) is 1. The van der Waals surface area contributed by atoms with Crippen LogP contribution in [0.5, 0.6) is 5.75 Å². The monoisotopic (exact) mass is 359 g/mol. The van der Waals surface area contributed by atoms with E-state index in [-0.39, 0.29) is 23.1 Å². The maximum atomic E-state index is 12.4. The highest BCUT2D eigenvalue weighted by molar-refractivity contribution is 7.89. The van der Waals surface area contributed by atoms with E-state index in [1.54, 1.807) is 18.2 Å². The van der Waals surface area contributed by atoms with Crippen LogP contribution in [0.1, 0.15) is 17.3 Å². The van der Waals surface area contributed by atoms with E-state index in [1.807, 2.05) is 30.3 Å². The first-order valence-corrected chi connectivity index (χ1v) is 9.05. The Hall–Kier alpha value is -2.71. The van der Waals surface area contributed by atoms with Crippen molar-refractivity contribution in [3.05, 3.63) is 71.9 Å². The summed E-state index contributed by atoms with van der Waals surface area (Å²) in [4.78, 5) is 4.27. The SMILES string of the molecule is COc1ccccc1S(=O)(=O)NCc1nc(Cc2ccccc2)no1. The van der Waals surface area contributed by atoms with Crippen LogP contribution in [0.15, 0.2) is 64.0 Å². The second-order valence-corrected chi connectivity index (χ2v) is 6.98. The maximum absolute atomic E-state index is 12.4. The van der Waals surface area contributed by atoms with Crippen molar-refractivity contribution in [1.29, 1.82) is 0 Å². The highest BCUT2D eigenvalue weighted by atomic mass is 32.2. The fourth-order valence-corrected chi connectivity index (χ4v) is 3.43. The number of sulfonamides is 1. The van der Waals surface area contributed by atoms with Gasteiger partial charge in [0.1, 0.15) is 10.6 Å². The van der Waals surface area contributed by atoms with Crippen LogP contribution in [0, 0.1) is 0 Å². The number of nitrogens with zero attached hydrogens (tertiary/aromatic N) is 2. The Morgan fingerprint density at radius 1 is 1.08 bits per heavy atom. The van der Waals surface area contributed by atoms with Crippen LogP contribution < -0.4 is 9.46 Å². The summed E-state index contributed by atoms with van der Waals surface area (Å²) in [5, 5.41) is 3.87. The third-order valence-electron chi connectivity index (χ3n) is 3.49. The lowest BCUT2D eigenvalue weighted by molar-refractivity contribution is 0.370. The second kappa shape index (κ2) is 7.45. The van der Waals surface area contributed by atoms with Crippen LogP contribution >= 0.6 is 0 Å². The maximum Gasteiger partial charge on any atom is 0.244 e. The van der Waals surface area contributed by atoms with Gasteiger partial charge in [-0.1, -0.05) is 47.6 Å². The Morgan fingerprint density at radius 2 is 1.80 bits per heavy atom. The van der Waals surface area contributed by atoms with Crippen molar-refractivity contribution in [2.45, 2.75) is 17.9 Å². The average Bonchev–Trinajstić information content (AvgIpc) is 3.08. The fraction of sp³-hybridized carbons (Fsp3) is 0.176. The molecule has 2 aromatic carbocycles. The van der Waals surface area contributed by atoms with Crippen LogP contribution in [0.25, 0.3) is 0 Å². The molecule has 0 fully saturated rings. The molecule has 0 amide bonds. The molecule has 0 unspecified atom stereocenters. The largest absolute Gasteiger partial charge is 0.495 e. The van der Waals surface area contributed by atoms with Gasteiger partial charge in [0.05, 0.1) is 13.7 Å². The third kappa shape index (κ3) is 4.23. The molecule has 8 heteroatoms. The molecule has 7 nitrogen and oxygen atoms in total. The number of hydrogen-bond donors (Lipinski definition) is 1. The van der Waals surface area contributed by atoms with Gasteiger partial charge in [0.15, 0.2) is 5.82 Å². The van der Waals surface area contributed by atoms with Gasteiger partial charge in [-0.2, -0.15) is 4.98 Å². The molecule has 0 bridgehead atoms. The third-order valence-corrected chi connectivity index (χ3v) is 4.93. The zero-order chi connectivity index (χ0) is 17.7. The standard InChI is InChI=1S/C17H17N3O4S/c1-23-14-9-5-6-10-15(14)25(21,22)18-12-17-19-16(20-24-17)11-13-7-3-2-4-8-13/h2-10,18H,11-12H2,1H3. The van der Waals surface area contributed by atoms with E-state index in [4.69, 9.17) is 9.26 Å². The molecule has 3 rings (SSSR count). The highest BCUT2D eigenvalue weighted by Crippen LogP contribution is 2.22. The molecule has 1 heterocycles. The summed E-state index contributed by atoms with van der Waals surface area (Å²) in [7, 11) is -2.33. The molecule has 0 atom stereocenters. The van der Waals surface area contributed by atoms with Crippen LogP contribution in [0.4, 0.5) is 0 Å². The van der Waals surface area contributed by atoms with E-state index in [0.29, 0.717) is 12.2 Å². The molecule has 0 aliphatic rings. The lowest BCUT2D eigenvalue weighted by Gasteiger charge is -2.09. The van der Waals surface area contributed by atoms with Gasteiger partial charge in [-0.3, -0.25) is 0 Å². The van der Waals surface area contributed by atoms with E-state index in [0.717, 1.165) is 5.56 Å². The predicted octanol–water partition coefficient (Wildman–Crippen LogP) is 2.15. The number of hydrogen-bond acceptors (Lipinski definition) is 6. The molecule has 0 spiro atoms. The van der Waals surface area contributed by atoms with Gasteiger partial charge in [-0.25, -0.2) is 13.1 Å². The smallest absolute Gasteiger partial charge is 0.244 e. The molecule has 0 saturated heterocycles. The summed E-state index contributed by atoms with van der Waals surface area (Å²) < 4.78 is 37.4. The second-order valence-electron chi connectivity index (χ2n) is 5.24. The topological polar surface area (TPSA) is 94.3 Å². The lowest BCUT2D eigenvalue weighted by atomic mass is 10.1. The van der Waals surface area contributed by atoms with Gasteiger partial charge in [0.2, 0.25) is 15.9 Å². The Morgan fingerprint density at radius 3 is 2.56 bits per heavy atom. The van der Waals surface area contributed by atoms with Crippen molar-refractivity contribution in [3.8, 4) is 5.75 Å². The molecule has 0 aliphatic carbocycles. The van der Waals surface area contributed by atoms with Crippen molar-refractivity contribution in [1.82, 2.24) is 14.9 Å². The van der Waals surface area contributed by atoms with E-state index in [1.165, 1.54) is 13.2 Å². The van der Waals surface area contributed by atoms with Gasteiger partial charge in [-0.05, 0) is 17.7 Å². The number of aromatic nitrogens is 2. The zero-order valence-electron chi connectivity index (χ0n) is 13.5. The normalized spacial score (nSPS) is 11.4. The molecule has 0 aliphatic heterocycles. The number of benzene rings is 2. The molecular weight excluding hydrogens is 342 g/mol. The Bertz CT molecular complexity index is 939. The number of rotatable bonds is 7. The summed E-state index contributed by atoms with van der Waals surface area (Å²) in [6, 6.07) is 16.1. The van der Waals surface area contributed by atoms with Crippen LogP contribution in [0.2, 0.25) is 0 Å². The van der Waals surface area contributed by atoms with Crippen molar-refractivity contribution < 1.29 is 17.7 Å². The molecule has 1 aromatic heterocycles. The molecule has 0 radical (unpaired) electrons. The lowest BCUT2D eigenvalue weighted by Crippen LogP contribution is -2.24. The van der Waals surface area contributed by atoms with Crippen LogP contribution in [-0.4, -0.2) is 25.7 Å². The Labute approximate surface area is 145 Å². The molecule has 1 N–H and O–H groups in total. The summed E-state index contributed by atoms with van der Waals surface area (Å²) in [5.74, 6) is 0.965. The first kappa shape index (κ1) is 17.1. The minimum atomic E-state index is -3.75. The molecule has 0 saturated carbocycles. The van der Waals surface area contributed by atoms with Gasteiger partial charge in [0.25, 0.3) is 0 Å². The highest BCUT2D eigenvalue weighted by Gasteiger charge is 2.20. The van der Waals surface area contributed by atoms with Crippen molar-refractivity contribution in [2.75, 3.05) is 7.11 Å². The molecule has 130 valence electrons. The van der Waals surface area contributed by atoms with Crippen molar-refractivity contribution >= 4 is 10.0 Å². The van der Waals surface area contributed by atoms with Crippen molar-refractivity contribution in [3.63, 3.8) is 0 Å². The minimum absolute atomic E-state index is 0.0570. The van der Waals surface area contributed by atoms with Gasteiger partial charge >= 0.3 is 0 Å². The predicted molar refractivity (Wildman–Crippen MR) is 90.6 cm³/mol. The van der Waals surface area contributed by atoms with Crippen LogP contribution in [0.3, 0.4) is 0 Å². The molecular formula is C17H17N3O4S. The van der Waals surface area contributed by atoms with E-state index in [9.17, 15) is 8.42 Å². The van der Waals surface area contributed by atoms with Gasteiger partial charge in [0, 0.05) is 6.42 Å². The summed E-state index contributed by atoms with van der Waals surface area (Å²) >= 11 is 0. The zero-order valence-corrected chi connectivity index (χ0v) is 14.4.